The summed E-state index contributed by atoms with van der Waals surface area (Å²) in [5.74, 6) is 1.47. The number of urea groups is 1. The third-order valence-corrected chi connectivity index (χ3v) is 7.76. The molecule has 2 aliphatic heterocycles. The summed E-state index contributed by atoms with van der Waals surface area (Å²) in [6.07, 6.45) is 5.84. The third kappa shape index (κ3) is 6.54. The van der Waals surface area contributed by atoms with Crippen molar-refractivity contribution in [2.45, 2.75) is 44.7 Å². The largest absolute Gasteiger partial charge is 0.497 e. The molecule has 5 rings (SSSR count). The SMILES string of the molecule is COc1cccc(N2CCN(Cc3cc(=O)[nH]c(N4CCN(C(=O)NC5CCCCC5)CC4)n3)CC2)c1. The van der Waals surface area contributed by atoms with E-state index in [4.69, 9.17) is 9.72 Å². The quantitative estimate of drug-likeness (QED) is 0.617. The van der Waals surface area contributed by atoms with Gasteiger partial charge in [0.15, 0.2) is 0 Å². The van der Waals surface area contributed by atoms with Gasteiger partial charge in [-0.05, 0) is 25.0 Å². The number of methoxy groups -OCH3 is 1. The zero-order valence-electron chi connectivity index (χ0n) is 21.8. The number of hydrogen-bond acceptors (Lipinski definition) is 7. The van der Waals surface area contributed by atoms with E-state index in [1.165, 1.54) is 24.9 Å². The highest BCUT2D eigenvalue weighted by Gasteiger charge is 2.25. The van der Waals surface area contributed by atoms with Crippen LogP contribution in [0.25, 0.3) is 0 Å². The zero-order chi connectivity index (χ0) is 25.6. The number of carbonyl (C=O) groups excluding carboxylic acids is 1. The number of aromatic nitrogens is 2. The van der Waals surface area contributed by atoms with Crippen LogP contribution in [0, 0.1) is 0 Å². The summed E-state index contributed by atoms with van der Waals surface area (Å²) in [6.45, 7) is 6.82. The fraction of sp³-hybridized carbons (Fsp3) is 0.593. The molecule has 2 saturated heterocycles. The molecule has 0 atom stereocenters. The van der Waals surface area contributed by atoms with Gasteiger partial charge in [-0.1, -0.05) is 25.3 Å². The summed E-state index contributed by atoms with van der Waals surface area (Å²) >= 11 is 0. The van der Waals surface area contributed by atoms with Crippen molar-refractivity contribution < 1.29 is 9.53 Å². The molecule has 2 aromatic rings. The van der Waals surface area contributed by atoms with E-state index in [0.717, 1.165) is 50.5 Å². The molecule has 1 aliphatic carbocycles. The van der Waals surface area contributed by atoms with Crippen LogP contribution in [0.3, 0.4) is 0 Å². The topological polar surface area (TPSA) is 97.0 Å². The standard InChI is InChI=1S/C27H39N7O3/c1-37-24-9-5-8-23(19-24)32-12-10-31(11-13-32)20-22-18-25(35)30-26(28-22)33-14-16-34(17-15-33)27(36)29-21-6-3-2-4-7-21/h5,8-9,18-19,21H,2-4,6-7,10-17,20H2,1H3,(H,29,36)(H,28,30,35). The molecular weight excluding hydrogens is 470 g/mol. The van der Waals surface area contributed by atoms with Crippen molar-refractivity contribution in [3.63, 3.8) is 0 Å². The van der Waals surface area contributed by atoms with E-state index in [1.54, 1.807) is 13.2 Å². The average Bonchev–Trinajstić information content (AvgIpc) is 2.94. The predicted octanol–water partition coefficient (Wildman–Crippen LogP) is 2.27. The van der Waals surface area contributed by atoms with E-state index in [9.17, 15) is 9.59 Å². The van der Waals surface area contributed by atoms with Crippen molar-refractivity contribution >= 4 is 17.7 Å². The molecule has 37 heavy (non-hydrogen) atoms. The Morgan fingerprint density at radius 3 is 2.46 bits per heavy atom. The lowest BCUT2D eigenvalue weighted by atomic mass is 9.96. The number of benzene rings is 1. The summed E-state index contributed by atoms with van der Waals surface area (Å²) < 4.78 is 5.36. The van der Waals surface area contributed by atoms with Crippen molar-refractivity contribution in [1.29, 1.82) is 0 Å². The van der Waals surface area contributed by atoms with Gasteiger partial charge < -0.3 is 24.8 Å². The van der Waals surface area contributed by atoms with Gasteiger partial charge in [0.05, 0.1) is 12.8 Å². The summed E-state index contributed by atoms with van der Waals surface area (Å²) in [6, 6.07) is 10.1. The summed E-state index contributed by atoms with van der Waals surface area (Å²) in [7, 11) is 1.69. The van der Waals surface area contributed by atoms with Crippen molar-refractivity contribution in [2.75, 3.05) is 69.3 Å². The van der Waals surface area contributed by atoms with Crippen LogP contribution in [0.2, 0.25) is 0 Å². The maximum absolute atomic E-state index is 12.7. The number of nitrogens with zero attached hydrogens (tertiary/aromatic N) is 5. The lowest BCUT2D eigenvalue weighted by Crippen LogP contribution is -2.54. The second kappa shape index (κ2) is 11.9. The highest BCUT2D eigenvalue weighted by molar-refractivity contribution is 5.74. The number of hydrogen-bond donors (Lipinski definition) is 2. The first-order valence-corrected chi connectivity index (χ1v) is 13.6. The molecule has 2 N–H and O–H groups in total. The van der Waals surface area contributed by atoms with E-state index >= 15 is 0 Å². The van der Waals surface area contributed by atoms with Crippen molar-refractivity contribution in [3.8, 4) is 5.75 Å². The number of nitrogens with one attached hydrogen (secondary N) is 2. The number of piperazine rings is 2. The van der Waals surface area contributed by atoms with Crippen molar-refractivity contribution in [2.24, 2.45) is 0 Å². The number of amides is 2. The van der Waals surface area contributed by atoms with Gasteiger partial charge in [-0.25, -0.2) is 9.78 Å². The van der Waals surface area contributed by atoms with Gasteiger partial charge in [-0.15, -0.1) is 0 Å². The van der Waals surface area contributed by atoms with Gasteiger partial charge in [0, 0.05) is 82.8 Å². The molecule has 2 amide bonds. The number of rotatable bonds is 6. The molecule has 200 valence electrons. The molecule has 10 nitrogen and oxygen atoms in total. The molecule has 1 aromatic heterocycles. The first-order valence-electron chi connectivity index (χ1n) is 13.6. The van der Waals surface area contributed by atoms with Crippen molar-refractivity contribution in [1.82, 2.24) is 25.1 Å². The van der Waals surface area contributed by atoms with Gasteiger partial charge in [0.25, 0.3) is 5.56 Å². The van der Waals surface area contributed by atoms with Crippen LogP contribution >= 0.6 is 0 Å². The molecule has 0 bridgehead atoms. The number of anilines is 2. The fourth-order valence-corrected chi connectivity index (χ4v) is 5.56. The zero-order valence-corrected chi connectivity index (χ0v) is 21.8. The minimum Gasteiger partial charge on any atom is -0.497 e. The van der Waals surface area contributed by atoms with Crippen LogP contribution < -0.4 is 25.4 Å². The van der Waals surface area contributed by atoms with E-state index < -0.39 is 0 Å². The molecule has 3 heterocycles. The number of H-pyrrole nitrogens is 1. The predicted molar refractivity (Wildman–Crippen MR) is 145 cm³/mol. The van der Waals surface area contributed by atoms with Crippen LogP contribution in [-0.4, -0.2) is 91.3 Å². The fourth-order valence-electron chi connectivity index (χ4n) is 5.56. The van der Waals surface area contributed by atoms with E-state index in [0.29, 0.717) is 44.7 Å². The van der Waals surface area contributed by atoms with Gasteiger partial charge in [-0.2, -0.15) is 0 Å². The van der Waals surface area contributed by atoms with E-state index in [-0.39, 0.29) is 11.6 Å². The number of ether oxygens (including phenoxy) is 1. The molecule has 0 spiro atoms. The molecule has 10 heteroatoms. The molecule has 1 aromatic carbocycles. The minimum atomic E-state index is -0.132. The Morgan fingerprint density at radius 2 is 1.73 bits per heavy atom. The normalized spacial score (nSPS) is 19.6. The second-order valence-electron chi connectivity index (χ2n) is 10.3. The summed E-state index contributed by atoms with van der Waals surface area (Å²) in [4.78, 5) is 41.5. The molecular formula is C27H39N7O3. The highest BCUT2D eigenvalue weighted by atomic mass is 16.5. The Balaban J connectivity index is 1.13. The molecule has 3 aliphatic rings. The van der Waals surface area contributed by atoms with Gasteiger partial charge in [0.1, 0.15) is 5.75 Å². The Kier molecular flexibility index (Phi) is 8.13. The van der Waals surface area contributed by atoms with Crippen LogP contribution in [0.4, 0.5) is 16.4 Å². The number of carbonyl (C=O) groups is 1. The minimum absolute atomic E-state index is 0.0369. The van der Waals surface area contributed by atoms with Crippen LogP contribution in [0.15, 0.2) is 35.1 Å². The lowest BCUT2D eigenvalue weighted by Gasteiger charge is -2.37. The maximum Gasteiger partial charge on any atom is 0.317 e. The summed E-state index contributed by atoms with van der Waals surface area (Å²) in [5.41, 5.74) is 1.82. The van der Waals surface area contributed by atoms with E-state index in [1.807, 2.05) is 17.0 Å². The average molecular weight is 510 g/mol. The lowest BCUT2D eigenvalue weighted by molar-refractivity contribution is 0.186. The first kappa shape index (κ1) is 25.4. The highest BCUT2D eigenvalue weighted by Crippen LogP contribution is 2.23. The molecule has 0 radical (unpaired) electrons. The Hall–Kier alpha value is -3.27. The van der Waals surface area contributed by atoms with Gasteiger partial charge >= 0.3 is 6.03 Å². The molecule has 0 unspecified atom stereocenters. The van der Waals surface area contributed by atoms with E-state index in [2.05, 4.69) is 37.1 Å². The Labute approximate surface area is 218 Å². The smallest absolute Gasteiger partial charge is 0.317 e. The molecule has 3 fully saturated rings. The maximum atomic E-state index is 12.7. The van der Waals surface area contributed by atoms with Crippen LogP contribution in [0.1, 0.15) is 37.8 Å². The van der Waals surface area contributed by atoms with Gasteiger partial charge in [-0.3, -0.25) is 14.7 Å². The van der Waals surface area contributed by atoms with Crippen LogP contribution in [-0.2, 0) is 6.54 Å². The van der Waals surface area contributed by atoms with Crippen molar-refractivity contribution in [3.05, 3.63) is 46.4 Å². The number of aromatic amines is 1. The monoisotopic (exact) mass is 509 g/mol. The molecule has 1 saturated carbocycles. The van der Waals surface area contributed by atoms with Gasteiger partial charge in [0.2, 0.25) is 5.95 Å². The first-order chi connectivity index (χ1) is 18.1. The Morgan fingerprint density at radius 1 is 1.00 bits per heavy atom. The van der Waals surface area contributed by atoms with Crippen LogP contribution in [0.5, 0.6) is 5.75 Å². The third-order valence-electron chi connectivity index (χ3n) is 7.76. The Bertz CT molecular complexity index is 1100. The second-order valence-corrected chi connectivity index (χ2v) is 10.3. The summed E-state index contributed by atoms with van der Waals surface area (Å²) in [5, 5.41) is 3.21.